The van der Waals surface area contributed by atoms with E-state index in [-0.39, 0.29) is 6.10 Å². The summed E-state index contributed by atoms with van der Waals surface area (Å²) in [7, 11) is 1.54. The average Bonchev–Trinajstić information content (AvgIpc) is 2.97. The molecule has 110 valence electrons. The second kappa shape index (κ2) is 6.24. The molecule has 0 amide bonds. The van der Waals surface area contributed by atoms with Crippen LogP contribution < -0.4 is 10.1 Å². The maximum atomic E-state index is 11.7. The van der Waals surface area contributed by atoms with Crippen LogP contribution in [0.15, 0.2) is 24.3 Å². The molecule has 5 heteroatoms. The highest BCUT2D eigenvalue weighted by molar-refractivity contribution is 5.81. The van der Waals surface area contributed by atoms with Crippen LogP contribution in [0, 0.1) is 0 Å². The monoisotopic (exact) mass is 279 g/mol. The van der Waals surface area contributed by atoms with Crippen molar-refractivity contribution in [2.45, 2.75) is 31.4 Å². The van der Waals surface area contributed by atoms with Crippen molar-refractivity contribution in [3.8, 4) is 5.75 Å². The normalized spacial score (nSPS) is 21.4. The summed E-state index contributed by atoms with van der Waals surface area (Å²) in [6.45, 7) is 2.92. The molecule has 1 aliphatic heterocycles. The predicted molar refractivity (Wildman–Crippen MR) is 75.0 cm³/mol. The van der Waals surface area contributed by atoms with Crippen molar-refractivity contribution in [1.29, 1.82) is 0 Å². The van der Waals surface area contributed by atoms with Gasteiger partial charge in [-0.2, -0.15) is 0 Å². The Morgan fingerprint density at radius 2 is 2.30 bits per heavy atom. The number of nitrogens with one attached hydrogen (secondary N) is 1. The number of hydrogen-bond donors (Lipinski definition) is 2. The van der Waals surface area contributed by atoms with Crippen molar-refractivity contribution in [2.75, 3.05) is 20.3 Å². The number of carbonyl (C=O) groups is 1. The molecule has 0 radical (unpaired) electrons. The molecular formula is C15H21NO4. The molecule has 0 saturated carbocycles. The third kappa shape index (κ3) is 2.94. The fourth-order valence-electron chi connectivity index (χ4n) is 2.47. The van der Waals surface area contributed by atoms with E-state index in [0.29, 0.717) is 17.9 Å². The standard InChI is InChI=1S/C15H21NO4/c1-15(14(17)18,16-10-11-6-5-9-20-11)12-7-3-4-8-13(12)19-2/h3-4,7-8,11,16H,5-6,9-10H2,1-2H3,(H,17,18). The molecule has 1 aromatic rings. The Morgan fingerprint density at radius 3 is 2.90 bits per heavy atom. The van der Waals surface area contributed by atoms with Gasteiger partial charge in [0.15, 0.2) is 0 Å². The van der Waals surface area contributed by atoms with Gasteiger partial charge < -0.3 is 14.6 Å². The van der Waals surface area contributed by atoms with Crippen LogP contribution in [0.1, 0.15) is 25.3 Å². The second-order valence-corrected chi connectivity index (χ2v) is 5.15. The first kappa shape index (κ1) is 14.8. The van der Waals surface area contributed by atoms with E-state index in [2.05, 4.69) is 5.32 Å². The number of carboxylic acid groups (broad SMARTS) is 1. The topological polar surface area (TPSA) is 67.8 Å². The first-order valence-corrected chi connectivity index (χ1v) is 6.81. The number of para-hydroxylation sites is 1. The summed E-state index contributed by atoms with van der Waals surface area (Å²) in [5.41, 5.74) is -0.577. The lowest BCUT2D eigenvalue weighted by Crippen LogP contribution is -2.49. The summed E-state index contributed by atoms with van der Waals surface area (Å²) >= 11 is 0. The molecule has 1 heterocycles. The van der Waals surface area contributed by atoms with Crippen LogP contribution >= 0.6 is 0 Å². The molecule has 0 aromatic heterocycles. The Kier molecular flexibility index (Phi) is 4.62. The molecule has 0 bridgehead atoms. The van der Waals surface area contributed by atoms with E-state index in [1.165, 1.54) is 0 Å². The van der Waals surface area contributed by atoms with Crippen LogP contribution in [0.3, 0.4) is 0 Å². The SMILES string of the molecule is COc1ccccc1C(C)(NCC1CCCO1)C(=O)O. The van der Waals surface area contributed by atoms with Crippen LogP contribution in [0.5, 0.6) is 5.75 Å². The fourth-order valence-corrected chi connectivity index (χ4v) is 2.47. The van der Waals surface area contributed by atoms with Crippen LogP contribution in [0.2, 0.25) is 0 Å². The van der Waals surface area contributed by atoms with Gasteiger partial charge in [-0.15, -0.1) is 0 Å². The van der Waals surface area contributed by atoms with Gasteiger partial charge in [-0.1, -0.05) is 18.2 Å². The van der Waals surface area contributed by atoms with Gasteiger partial charge in [-0.05, 0) is 25.8 Å². The van der Waals surface area contributed by atoms with Gasteiger partial charge in [-0.25, -0.2) is 4.79 Å². The lowest BCUT2D eigenvalue weighted by molar-refractivity contribution is -0.144. The Morgan fingerprint density at radius 1 is 1.55 bits per heavy atom. The van der Waals surface area contributed by atoms with Crippen molar-refractivity contribution in [1.82, 2.24) is 5.32 Å². The number of benzene rings is 1. The van der Waals surface area contributed by atoms with Crippen molar-refractivity contribution >= 4 is 5.97 Å². The van der Waals surface area contributed by atoms with Crippen LogP contribution in [0.4, 0.5) is 0 Å². The molecule has 1 fully saturated rings. The minimum atomic E-state index is -1.20. The van der Waals surface area contributed by atoms with Crippen molar-refractivity contribution < 1.29 is 19.4 Å². The first-order chi connectivity index (χ1) is 9.58. The summed E-state index contributed by atoms with van der Waals surface area (Å²) in [6.07, 6.45) is 2.09. The summed E-state index contributed by atoms with van der Waals surface area (Å²) in [5.74, 6) is -0.364. The predicted octanol–water partition coefficient (Wildman–Crippen LogP) is 1.76. The molecule has 1 aliphatic rings. The number of carboxylic acids is 1. The molecule has 0 spiro atoms. The van der Waals surface area contributed by atoms with Gasteiger partial charge in [0.2, 0.25) is 0 Å². The zero-order valence-electron chi connectivity index (χ0n) is 11.9. The first-order valence-electron chi connectivity index (χ1n) is 6.81. The summed E-state index contributed by atoms with van der Waals surface area (Å²) in [5, 5.41) is 12.7. The third-order valence-corrected chi connectivity index (χ3v) is 3.78. The number of methoxy groups -OCH3 is 1. The van der Waals surface area contributed by atoms with Gasteiger partial charge in [0.25, 0.3) is 0 Å². The molecule has 2 rings (SSSR count). The number of hydrogen-bond acceptors (Lipinski definition) is 4. The molecule has 2 N–H and O–H groups in total. The lowest BCUT2D eigenvalue weighted by atomic mass is 9.91. The second-order valence-electron chi connectivity index (χ2n) is 5.15. The summed E-state index contributed by atoms with van der Waals surface area (Å²) in [4.78, 5) is 11.7. The van der Waals surface area contributed by atoms with Gasteiger partial charge in [-0.3, -0.25) is 5.32 Å². The Bertz CT molecular complexity index is 471. The lowest BCUT2D eigenvalue weighted by Gasteiger charge is -2.29. The molecule has 1 saturated heterocycles. The largest absolute Gasteiger partial charge is 0.496 e. The smallest absolute Gasteiger partial charge is 0.328 e. The van der Waals surface area contributed by atoms with Crippen LogP contribution in [-0.2, 0) is 15.1 Å². The van der Waals surface area contributed by atoms with Gasteiger partial charge in [0, 0.05) is 18.7 Å². The molecule has 5 nitrogen and oxygen atoms in total. The zero-order chi connectivity index (χ0) is 14.6. The van der Waals surface area contributed by atoms with Gasteiger partial charge >= 0.3 is 5.97 Å². The molecule has 1 aromatic carbocycles. The van der Waals surface area contributed by atoms with Crippen LogP contribution in [-0.4, -0.2) is 37.4 Å². The van der Waals surface area contributed by atoms with E-state index in [1.807, 2.05) is 12.1 Å². The van der Waals surface area contributed by atoms with Crippen LogP contribution in [0.25, 0.3) is 0 Å². The molecular weight excluding hydrogens is 258 g/mol. The summed E-state index contributed by atoms with van der Waals surface area (Å²) in [6, 6.07) is 7.18. The van der Waals surface area contributed by atoms with E-state index in [4.69, 9.17) is 9.47 Å². The maximum absolute atomic E-state index is 11.7. The highest BCUT2D eigenvalue weighted by atomic mass is 16.5. The third-order valence-electron chi connectivity index (χ3n) is 3.78. The van der Waals surface area contributed by atoms with E-state index < -0.39 is 11.5 Å². The minimum absolute atomic E-state index is 0.0865. The Balaban J connectivity index is 2.21. The average molecular weight is 279 g/mol. The number of aliphatic carboxylic acids is 1. The quantitative estimate of drug-likeness (QED) is 0.830. The van der Waals surface area contributed by atoms with Crippen molar-refractivity contribution in [3.05, 3.63) is 29.8 Å². The fraction of sp³-hybridized carbons (Fsp3) is 0.533. The highest BCUT2D eigenvalue weighted by Gasteiger charge is 2.38. The van der Waals surface area contributed by atoms with Crippen molar-refractivity contribution in [3.63, 3.8) is 0 Å². The molecule has 2 atom stereocenters. The van der Waals surface area contributed by atoms with Crippen molar-refractivity contribution in [2.24, 2.45) is 0 Å². The highest BCUT2D eigenvalue weighted by Crippen LogP contribution is 2.30. The molecule has 0 aliphatic carbocycles. The van der Waals surface area contributed by atoms with E-state index >= 15 is 0 Å². The Labute approximate surface area is 118 Å². The van der Waals surface area contributed by atoms with Gasteiger partial charge in [0.05, 0.1) is 13.2 Å². The zero-order valence-corrected chi connectivity index (χ0v) is 11.9. The van der Waals surface area contributed by atoms with E-state index in [9.17, 15) is 9.90 Å². The van der Waals surface area contributed by atoms with Gasteiger partial charge in [0.1, 0.15) is 11.3 Å². The molecule has 20 heavy (non-hydrogen) atoms. The Hall–Kier alpha value is -1.59. The number of rotatable bonds is 6. The van der Waals surface area contributed by atoms with E-state index in [0.717, 1.165) is 19.4 Å². The van der Waals surface area contributed by atoms with E-state index in [1.54, 1.807) is 26.2 Å². The summed E-state index contributed by atoms with van der Waals surface area (Å²) < 4.78 is 10.8. The number of ether oxygens (including phenoxy) is 2. The maximum Gasteiger partial charge on any atom is 0.328 e. The minimum Gasteiger partial charge on any atom is -0.496 e. The molecule has 2 unspecified atom stereocenters.